The molecule has 0 heterocycles. The first kappa shape index (κ1) is 18.2. The van der Waals surface area contributed by atoms with Gasteiger partial charge in [0.2, 0.25) is 0 Å². The van der Waals surface area contributed by atoms with E-state index in [-0.39, 0.29) is 6.19 Å². The molecular formula is C24H28SiTi. The summed E-state index contributed by atoms with van der Waals surface area (Å²) >= 11 is -1.42. The summed E-state index contributed by atoms with van der Waals surface area (Å²) in [7, 11) is 0. The standard InChI is InChI=1S/C13H9.C9H13.C2H6Si.Ti/c1-3-7-12-10(5-1)9-11-6-2-4-8-13(11)12;1-2-3-6-9-7-4-5-8-9;1-3-2;/h1-9H;4,7H,2-3,5-6H2,1H3;1-2H3;. The Morgan fingerprint density at radius 1 is 0.962 bits per heavy atom. The van der Waals surface area contributed by atoms with Crippen LogP contribution >= 0.6 is 0 Å². The Hall–Kier alpha value is -1.15. The van der Waals surface area contributed by atoms with E-state index >= 15 is 0 Å². The molecule has 132 valence electrons. The van der Waals surface area contributed by atoms with Crippen molar-refractivity contribution in [3.63, 3.8) is 0 Å². The van der Waals surface area contributed by atoms with Gasteiger partial charge in [0.05, 0.1) is 0 Å². The van der Waals surface area contributed by atoms with Crippen LogP contribution in [0.5, 0.6) is 0 Å². The van der Waals surface area contributed by atoms with Crippen molar-refractivity contribution in [2.24, 2.45) is 0 Å². The average molecular weight is 392 g/mol. The zero-order valence-corrected chi connectivity index (χ0v) is 18.7. The first-order valence-electron chi connectivity index (χ1n) is 9.97. The van der Waals surface area contributed by atoms with Crippen molar-refractivity contribution in [3.8, 4) is 11.1 Å². The first-order valence-corrected chi connectivity index (χ1v) is 16.5. The van der Waals surface area contributed by atoms with Gasteiger partial charge in [-0.2, -0.15) is 0 Å². The van der Waals surface area contributed by atoms with E-state index in [1.165, 1.54) is 36.8 Å². The molecule has 0 bridgehead atoms. The molecule has 0 amide bonds. The number of unbranched alkanes of at least 4 members (excludes halogenated alkanes) is 1. The molecule has 0 nitrogen and oxygen atoms in total. The maximum absolute atomic E-state index is 2.59. The third kappa shape index (κ3) is 3.15. The van der Waals surface area contributed by atoms with E-state index in [1.54, 1.807) is 16.7 Å². The summed E-state index contributed by atoms with van der Waals surface area (Å²) in [6.45, 7) is 7.49. The summed E-state index contributed by atoms with van der Waals surface area (Å²) in [4.78, 5) is 0. The molecule has 0 aromatic heterocycles. The Labute approximate surface area is 164 Å². The van der Waals surface area contributed by atoms with Crippen LogP contribution in [0, 0.1) is 0 Å². The van der Waals surface area contributed by atoms with Gasteiger partial charge < -0.3 is 0 Å². The van der Waals surface area contributed by atoms with E-state index in [0.29, 0.717) is 4.22 Å². The van der Waals surface area contributed by atoms with E-state index in [1.807, 2.05) is 3.88 Å². The summed E-state index contributed by atoms with van der Waals surface area (Å²) in [5.41, 5.74) is 7.98. The maximum atomic E-state index is 2.59. The number of rotatable bonds is 5. The SMILES string of the molecule is CCCCC1=[C]([Ti]([CH]2c3ccccc3-c3ccccc32)=[Si](C)C)CC=C1. The monoisotopic (exact) mass is 392 g/mol. The molecule has 0 aliphatic heterocycles. The third-order valence-corrected chi connectivity index (χ3v) is 18.1. The molecule has 2 heteroatoms. The Morgan fingerprint density at radius 3 is 2.15 bits per heavy atom. The Balaban J connectivity index is 1.88. The number of hydrogen-bond donors (Lipinski definition) is 0. The third-order valence-electron chi connectivity index (χ3n) is 5.81. The van der Waals surface area contributed by atoms with Crippen molar-refractivity contribution in [2.45, 2.75) is 49.9 Å². The molecule has 0 N–H and O–H groups in total. The summed E-state index contributed by atoms with van der Waals surface area (Å²) in [6.07, 6.45) is 9.78. The van der Waals surface area contributed by atoms with E-state index in [9.17, 15) is 0 Å². The molecule has 0 saturated carbocycles. The fraction of sp³-hybridized carbons (Fsp3) is 0.333. The van der Waals surface area contributed by atoms with Crippen LogP contribution in [-0.4, -0.2) is 6.19 Å². The predicted molar refractivity (Wildman–Crippen MR) is 112 cm³/mol. The van der Waals surface area contributed by atoms with Crippen molar-refractivity contribution in [1.29, 1.82) is 0 Å². The molecule has 26 heavy (non-hydrogen) atoms. The summed E-state index contributed by atoms with van der Waals surface area (Å²) < 4.78 is 2.62. The molecule has 2 aromatic carbocycles. The second kappa shape index (κ2) is 7.84. The Kier molecular flexibility index (Phi) is 5.50. The van der Waals surface area contributed by atoms with Crippen LogP contribution in [0.15, 0.2) is 70.1 Å². The van der Waals surface area contributed by atoms with Crippen molar-refractivity contribution in [2.75, 3.05) is 0 Å². The van der Waals surface area contributed by atoms with Crippen LogP contribution in [0.25, 0.3) is 11.1 Å². The van der Waals surface area contributed by atoms with Crippen LogP contribution in [-0.2, 0) is 16.6 Å². The van der Waals surface area contributed by atoms with Crippen LogP contribution in [0.4, 0.5) is 0 Å². The minimum absolute atomic E-state index is 0.310. The predicted octanol–water partition coefficient (Wildman–Crippen LogP) is 7.03. The molecule has 2 aliphatic carbocycles. The fourth-order valence-corrected chi connectivity index (χ4v) is 17.4. The molecule has 0 fully saturated rings. The molecule has 0 radical (unpaired) electrons. The van der Waals surface area contributed by atoms with Gasteiger partial charge in [-0.15, -0.1) is 0 Å². The molecular weight excluding hydrogens is 364 g/mol. The topological polar surface area (TPSA) is 0 Å². The zero-order chi connectivity index (χ0) is 18.1. The number of hydrogen-bond acceptors (Lipinski definition) is 0. The number of allylic oxidation sites excluding steroid dienone is 4. The van der Waals surface area contributed by atoms with Gasteiger partial charge in [0.1, 0.15) is 0 Å². The van der Waals surface area contributed by atoms with Crippen LogP contribution < -0.4 is 0 Å². The normalized spacial score (nSPS) is 15.3. The molecule has 0 atom stereocenters. The van der Waals surface area contributed by atoms with Gasteiger partial charge in [0, 0.05) is 0 Å². The van der Waals surface area contributed by atoms with Gasteiger partial charge in [0.15, 0.2) is 0 Å². The van der Waals surface area contributed by atoms with Gasteiger partial charge in [0.25, 0.3) is 0 Å². The second-order valence-corrected chi connectivity index (χ2v) is 19.8. The minimum atomic E-state index is -1.42. The summed E-state index contributed by atoms with van der Waals surface area (Å²) in [6, 6.07) is 18.5. The number of benzene rings is 2. The van der Waals surface area contributed by atoms with Crippen LogP contribution in [0.2, 0.25) is 13.1 Å². The van der Waals surface area contributed by atoms with Crippen molar-refractivity contribution < 1.29 is 16.6 Å². The first-order chi connectivity index (χ1) is 12.7. The fourth-order valence-electron chi connectivity index (χ4n) is 4.67. The molecule has 4 rings (SSSR count). The van der Waals surface area contributed by atoms with E-state index in [0.717, 1.165) is 0 Å². The number of fused-ring (bicyclic) bond motifs is 3. The average Bonchev–Trinajstić information content (AvgIpc) is 3.24. The summed E-state index contributed by atoms with van der Waals surface area (Å²) in [5.74, 6) is 0. The van der Waals surface area contributed by atoms with Crippen LogP contribution in [0.1, 0.15) is 48.0 Å². The van der Waals surface area contributed by atoms with Crippen LogP contribution in [0.3, 0.4) is 0 Å². The van der Waals surface area contributed by atoms with Crippen molar-refractivity contribution in [1.82, 2.24) is 0 Å². The Bertz CT molecular complexity index is 883. The second-order valence-electron chi connectivity index (χ2n) is 7.74. The molecule has 0 saturated heterocycles. The molecule has 2 aliphatic rings. The Morgan fingerprint density at radius 2 is 1.58 bits per heavy atom. The van der Waals surface area contributed by atoms with Gasteiger partial charge in [-0.05, 0) is 0 Å². The van der Waals surface area contributed by atoms with E-state index in [4.69, 9.17) is 0 Å². The van der Waals surface area contributed by atoms with E-state index in [2.05, 4.69) is 80.7 Å². The van der Waals surface area contributed by atoms with E-state index < -0.39 is 16.6 Å². The van der Waals surface area contributed by atoms with Gasteiger partial charge in [-0.1, -0.05) is 0 Å². The quantitative estimate of drug-likeness (QED) is 0.479. The molecule has 0 spiro atoms. The van der Waals surface area contributed by atoms with Gasteiger partial charge >= 0.3 is 165 Å². The zero-order valence-electron chi connectivity index (χ0n) is 16.2. The summed E-state index contributed by atoms with van der Waals surface area (Å²) in [5, 5.41) is 0. The van der Waals surface area contributed by atoms with Crippen molar-refractivity contribution in [3.05, 3.63) is 81.3 Å². The molecule has 2 aromatic rings. The van der Waals surface area contributed by atoms with Crippen molar-refractivity contribution >= 4 is 6.19 Å². The van der Waals surface area contributed by atoms with Gasteiger partial charge in [-0.3, -0.25) is 0 Å². The molecule has 0 unspecified atom stereocenters. The van der Waals surface area contributed by atoms with Gasteiger partial charge in [-0.25, -0.2) is 0 Å².